The number of halogens is 5. The summed E-state index contributed by atoms with van der Waals surface area (Å²) in [5.41, 5.74) is -0.0433. The Bertz CT molecular complexity index is 1450. The van der Waals surface area contributed by atoms with Gasteiger partial charge in [0.1, 0.15) is 6.54 Å². The number of aromatic nitrogens is 6. The van der Waals surface area contributed by atoms with Crippen LogP contribution in [0.2, 0.25) is 10.0 Å². The minimum absolute atomic E-state index is 0.0843. The number of hydrogen-bond acceptors (Lipinski definition) is 7. The Balaban J connectivity index is 1.74. The van der Waals surface area contributed by atoms with Crippen molar-refractivity contribution in [1.82, 2.24) is 29.1 Å². The Labute approximate surface area is 224 Å². The van der Waals surface area contributed by atoms with Gasteiger partial charge in [0.05, 0.1) is 23.9 Å². The predicted octanol–water partition coefficient (Wildman–Crippen LogP) is 3.63. The summed E-state index contributed by atoms with van der Waals surface area (Å²) in [4.78, 5) is 17.6. The van der Waals surface area contributed by atoms with E-state index in [1.165, 1.54) is 28.9 Å². The number of rotatable bonds is 10. The third-order valence-corrected chi connectivity index (χ3v) is 5.94. The van der Waals surface area contributed by atoms with E-state index >= 15 is 0 Å². The first-order valence-corrected chi connectivity index (χ1v) is 12.0. The second-order valence-electron chi connectivity index (χ2n) is 8.07. The van der Waals surface area contributed by atoms with Crippen molar-refractivity contribution in [3.63, 3.8) is 0 Å². The van der Waals surface area contributed by atoms with Gasteiger partial charge < -0.3 is 15.2 Å². The molecule has 0 saturated carbocycles. The molecule has 0 fully saturated rings. The second kappa shape index (κ2) is 11.6. The number of nitrogens with one attached hydrogen (secondary N) is 1. The first-order chi connectivity index (χ1) is 18.1. The quantitative estimate of drug-likeness (QED) is 0.279. The standard InChI is InChI=1S/C23H22Cl2F3N7O3/c1-38-11-10-29-21-30-19(31-35(21)17-5-3-2-4-16(17)25)13-34-22(37)33(12-18(36)23(26,27)28)20(32-34)14-6-8-15(24)9-7-14/h2-9,18,36H,10-13H2,1H3,(H,29,30,31)/t18-/m0/s1. The van der Waals surface area contributed by atoms with Gasteiger partial charge in [-0.2, -0.15) is 22.8 Å². The van der Waals surface area contributed by atoms with E-state index in [-0.39, 0.29) is 18.2 Å². The monoisotopic (exact) mass is 571 g/mol. The molecule has 0 amide bonds. The molecular weight excluding hydrogens is 550 g/mol. The molecule has 2 aromatic heterocycles. The fraction of sp³-hybridized carbons (Fsp3) is 0.304. The lowest BCUT2D eigenvalue weighted by molar-refractivity contribution is -0.207. The summed E-state index contributed by atoms with van der Waals surface area (Å²) in [6.07, 6.45) is -7.71. The molecular formula is C23H22Cl2F3N7O3. The largest absolute Gasteiger partial charge is 0.416 e. The van der Waals surface area contributed by atoms with Crippen LogP contribution in [-0.4, -0.2) is 66.8 Å². The summed E-state index contributed by atoms with van der Waals surface area (Å²) >= 11 is 12.3. The van der Waals surface area contributed by atoms with Gasteiger partial charge in [-0.3, -0.25) is 4.57 Å². The topological polar surface area (TPSA) is 112 Å². The molecule has 0 spiro atoms. The molecule has 0 radical (unpaired) electrons. The van der Waals surface area contributed by atoms with E-state index in [1.807, 2.05) is 0 Å². The third kappa shape index (κ3) is 6.18. The van der Waals surface area contributed by atoms with Crippen LogP contribution in [0.4, 0.5) is 19.1 Å². The Hall–Kier alpha value is -3.39. The van der Waals surface area contributed by atoms with E-state index in [9.17, 15) is 23.1 Å². The molecule has 4 aromatic rings. The van der Waals surface area contributed by atoms with Crippen molar-refractivity contribution < 1.29 is 23.0 Å². The van der Waals surface area contributed by atoms with Gasteiger partial charge in [-0.25, -0.2) is 9.48 Å². The van der Waals surface area contributed by atoms with E-state index in [0.717, 1.165) is 9.25 Å². The molecule has 0 bridgehead atoms. The van der Waals surface area contributed by atoms with Crippen LogP contribution in [0.25, 0.3) is 17.1 Å². The third-order valence-electron chi connectivity index (χ3n) is 5.37. The molecule has 202 valence electrons. The molecule has 4 rings (SSSR count). The summed E-state index contributed by atoms with van der Waals surface area (Å²) in [6.45, 7) is -0.555. The van der Waals surface area contributed by atoms with E-state index < -0.39 is 24.5 Å². The van der Waals surface area contributed by atoms with Crippen molar-refractivity contribution in [2.24, 2.45) is 0 Å². The summed E-state index contributed by atoms with van der Waals surface area (Å²) in [6, 6.07) is 12.9. The minimum atomic E-state index is -4.93. The Morgan fingerprint density at radius 2 is 1.82 bits per heavy atom. The number of nitrogens with zero attached hydrogens (tertiary/aromatic N) is 6. The van der Waals surface area contributed by atoms with E-state index in [0.29, 0.717) is 40.4 Å². The zero-order chi connectivity index (χ0) is 27.4. The van der Waals surface area contributed by atoms with Crippen LogP contribution >= 0.6 is 23.2 Å². The van der Waals surface area contributed by atoms with E-state index in [1.54, 1.807) is 31.4 Å². The SMILES string of the molecule is COCCNc1nc(Cn2nc(-c3ccc(Cl)cc3)n(C[C@H](O)C(F)(F)F)c2=O)nn1-c1ccccc1Cl. The number of ether oxygens (including phenoxy) is 1. The van der Waals surface area contributed by atoms with Gasteiger partial charge in [0.2, 0.25) is 5.95 Å². The predicted molar refractivity (Wildman–Crippen MR) is 135 cm³/mol. The van der Waals surface area contributed by atoms with E-state index in [4.69, 9.17) is 27.9 Å². The maximum absolute atomic E-state index is 13.2. The molecule has 1 atom stereocenters. The zero-order valence-electron chi connectivity index (χ0n) is 19.9. The number of hydrogen-bond donors (Lipinski definition) is 2. The van der Waals surface area contributed by atoms with E-state index in [2.05, 4.69) is 20.5 Å². The van der Waals surface area contributed by atoms with Crippen molar-refractivity contribution in [3.05, 3.63) is 74.9 Å². The summed E-state index contributed by atoms with van der Waals surface area (Å²) in [5, 5.41) is 22.2. The van der Waals surface area contributed by atoms with Crippen molar-refractivity contribution in [1.29, 1.82) is 0 Å². The van der Waals surface area contributed by atoms with Gasteiger partial charge in [-0.05, 0) is 36.4 Å². The van der Waals surface area contributed by atoms with Crippen molar-refractivity contribution in [3.8, 4) is 17.1 Å². The molecule has 38 heavy (non-hydrogen) atoms. The molecule has 2 N–H and O–H groups in total. The number of anilines is 1. The van der Waals surface area contributed by atoms with Gasteiger partial charge in [-0.15, -0.1) is 10.2 Å². The first kappa shape index (κ1) is 27.6. The Morgan fingerprint density at radius 1 is 1.11 bits per heavy atom. The smallest absolute Gasteiger partial charge is 0.383 e. The van der Waals surface area contributed by atoms with Crippen LogP contribution in [0.15, 0.2) is 53.3 Å². The average molecular weight is 572 g/mol. The van der Waals surface area contributed by atoms with Crippen molar-refractivity contribution in [2.75, 3.05) is 25.6 Å². The van der Waals surface area contributed by atoms with Crippen LogP contribution < -0.4 is 11.0 Å². The highest BCUT2D eigenvalue weighted by atomic mass is 35.5. The first-order valence-electron chi connectivity index (χ1n) is 11.2. The number of para-hydroxylation sites is 1. The highest BCUT2D eigenvalue weighted by Crippen LogP contribution is 2.25. The fourth-order valence-electron chi connectivity index (χ4n) is 3.52. The summed E-state index contributed by atoms with van der Waals surface area (Å²) in [7, 11) is 1.54. The molecule has 10 nitrogen and oxygen atoms in total. The number of aliphatic hydroxyl groups excluding tert-OH is 1. The number of methoxy groups -OCH3 is 1. The van der Waals surface area contributed by atoms with Gasteiger partial charge in [-0.1, -0.05) is 35.3 Å². The lowest BCUT2D eigenvalue weighted by atomic mass is 10.2. The second-order valence-corrected chi connectivity index (χ2v) is 8.92. The summed E-state index contributed by atoms with van der Waals surface area (Å²) in [5.74, 6) is 0.359. The molecule has 0 aliphatic carbocycles. The number of benzene rings is 2. The maximum atomic E-state index is 13.2. The molecule has 2 heterocycles. The number of alkyl halides is 3. The van der Waals surface area contributed by atoms with Crippen LogP contribution in [-0.2, 0) is 17.8 Å². The molecule has 0 unspecified atom stereocenters. The lowest BCUT2D eigenvalue weighted by Crippen LogP contribution is -2.37. The van der Waals surface area contributed by atoms with Crippen LogP contribution in [0, 0.1) is 0 Å². The maximum Gasteiger partial charge on any atom is 0.416 e. The normalized spacial score (nSPS) is 12.6. The average Bonchev–Trinajstić information content (AvgIpc) is 3.40. The molecule has 0 aliphatic heterocycles. The molecule has 0 saturated heterocycles. The van der Waals surface area contributed by atoms with Gasteiger partial charge in [0, 0.05) is 24.2 Å². The minimum Gasteiger partial charge on any atom is -0.383 e. The molecule has 15 heteroatoms. The highest BCUT2D eigenvalue weighted by molar-refractivity contribution is 6.32. The van der Waals surface area contributed by atoms with Crippen molar-refractivity contribution >= 4 is 29.2 Å². The Kier molecular flexibility index (Phi) is 8.41. The molecule has 2 aromatic carbocycles. The lowest BCUT2D eigenvalue weighted by Gasteiger charge is -2.15. The van der Waals surface area contributed by atoms with Crippen LogP contribution in [0.3, 0.4) is 0 Å². The van der Waals surface area contributed by atoms with Gasteiger partial charge in [0.25, 0.3) is 0 Å². The fourth-order valence-corrected chi connectivity index (χ4v) is 3.87. The Morgan fingerprint density at radius 3 is 2.47 bits per heavy atom. The van der Waals surface area contributed by atoms with Gasteiger partial charge in [0.15, 0.2) is 17.8 Å². The summed E-state index contributed by atoms with van der Waals surface area (Å²) < 4.78 is 47.5. The highest BCUT2D eigenvalue weighted by Gasteiger charge is 2.39. The van der Waals surface area contributed by atoms with Crippen LogP contribution in [0.1, 0.15) is 5.82 Å². The molecule has 0 aliphatic rings. The van der Waals surface area contributed by atoms with Crippen LogP contribution in [0.5, 0.6) is 0 Å². The number of aliphatic hydroxyl groups is 1. The van der Waals surface area contributed by atoms with Crippen molar-refractivity contribution in [2.45, 2.75) is 25.4 Å². The van der Waals surface area contributed by atoms with Gasteiger partial charge >= 0.3 is 11.9 Å². The zero-order valence-corrected chi connectivity index (χ0v) is 21.4.